The third-order valence-electron chi connectivity index (χ3n) is 2.99. The number of nitrogens with one attached hydrogen (secondary N) is 1. The summed E-state index contributed by atoms with van der Waals surface area (Å²) in [5, 5.41) is 19.0. The molecule has 0 aromatic carbocycles. The molecule has 1 unspecified atom stereocenters. The number of carbonyl (C=O) groups excluding carboxylic acids is 1. The number of hydrogen-bond donors (Lipinski definition) is 2. The summed E-state index contributed by atoms with van der Waals surface area (Å²) in [7, 11) is 1.78. The van der Waals surface area contributed by atoms with E-state index < -0.39 is 5.60 Å². The Morgan fingerprint density at radius 1 is 1.63 bits per heavy atom. The van der Waals surface area contributed by atoms with Crippen molar-refractivity contribution in [1.29, 1.82) is 0 Å². The zero-order valence-electron chi connectivity index (χ0n) is 11.2. The van der Waals surface area contributed by atoms with Crippen LogP contribution in [0.15, 0.2) is 23.8 Å². The molecule has 2 heterocycles. The third-order valence-corrected chi connectivity index (χ3v) is 4.00. The van der Waals surface area contributed by atoms with Crippen molar-refractivity contribution in [3.8, 4) is 0 Å². The minimum absolute atomic E-state index is 0.148. The van der Waals surface area contributed by atoms with Crippen LogP contribution in [0.2, 0.25) is 0 Å². The highest BCUT2D eigenvalue weighted by atomic mass is 32.1. The van der Waals surface area contributed by atoms with E-state index in [2.05, 4.69) is 10.4 Å². The fraction of sp³-hybridized carbons (Fsp3) is 0.385. The minimum atomic E-state index is -1.13. The van der Waals surface area contributed by atoms with Crippen molar-refractivity contribution in [2.75, 3.05) is 6.54 Å². The van der Waals surface area contributed by atoms with E-state index in [1.165, 1.54) is 11.3 Å². The van der Waals surface area contributed by atoms with Crippen LogP contribution in [0.1, 0.15) is 27.7 Å². The van der Waals surface area contributed by atoms with Crippen molar-refractivity contribution < 1.29 is 9.90 Å². The van der Waals surface area contributed by atoms with Crippen LogP contribution in [0.5, 0.6) is 0 Å². The minimum Gasteiger partial charge on any atom is -0.383 e. The Kier molecular flexibility index (Phi) is 3.73. The fourth-order valence-electron chi connectivity index (χ4n) is 1.74. The first-order valence-corrected chi connectivity index (χ1v) is 6.82. The van der Waals surface area contributed by atoms with Crippen LogP contribution in [0, 0.1) is 6.92 Å². The van der Waals surface area contributed by atoms with Crippen LogP contribution < -0.4 is 5.32 Å². The van der Waals surface area contributed by atoms with Gasteiger partial charge >= 0.3 is 0 Å². The predicted molar refractivity (Wildman–Crippen MR) is 74.2 cm³/mol. The van der Waals surface area contributed by atoms with Gasteiger partial charge in [-0.25, -0.2) is 0 Å². The van der Waals surface area contributed by atoms with Crippen molar-refractivity contribution in [2.24, 2.45) is 7.05 Å². The molecule has 5 nitrogen and oxygen atoms in total. The molecule has 0 aliphatic carbocycles. The van der Waals surface area contributed by atoms with Crippen LogP contribution in [0.4, 0.5) is 0 Å². The van der Waals surface area contributed by atoms with Crippen LogP contribution in [-0.4, -0.2) is 27.3 Å². The zero-order valence-corrected chi connectivity index (χ0v) is 12.0. The molecular formula is C13H17N3O2S. The lowest BCUT2D eigenvalue weighted by atomic mass is 10.00. The lowest BCUT2D eigenvalue weighted by Crippen LogP contribution is -2.38. The summed E-state index contributed by atoms with van der Waals surface area (Å²) in [4.78, 5) is 12.7. The molecule has 2 rings (SSSR count). The highest BCUT2D eigenvalue weighted by Gasteiger charge is 2.26. The molecule has 2 aromatic heterocycles. The molecule has 0 spiro atoms. The second-order valence-corrected chi connectivity index (χ2v) is 5.71. The van der Waals surface area contributed by atoms with E-state index in [1.54, 1.807) is 31.0 Å². The average Bonchev–Trinajstić information content (AvgIpc) is 2.95. The van der Waals surface area contributed by atoms with Gasteiger partial charge in [0.25, 0.3) is 5.91 Å². The summed E-state index contributed by atoms with van der Waals surface area (Å²) in [6.45, 7) is 3.70. The van der Waals surface area contributed by atoms with Crippen molar-refractivity contribution in [3.05, 3.63) is 39.8 Å². The van der Waals surface area contributed by atoms with Crippen LogP contribution in [0.3, 0.4) is 0 Å². The van der Waals surface area contributed by atoms with Crippen LogP contribution in [-0.2, 0) is 12.6 Å². The normalized spacial score (nSPS) is 14.1. The Hall–Kier alpha value is -1.66. The molecule has 19 heavy (non-hydrogen) atoms. The van der Waals surface area contributed by atoms with Gasteiger partial charge in [-0.2, -0.15) is 5.10 Å². The van der Waals surface area contributed by atoms with E-state index in [0.29, 0.717) is 10.4 Å². The van der Waals surface area contributed by atoms with Crippen molar-refractivity contribution in [3.63, 3.8) is 0 Å². The highest BCUT2D eigenvalue weighted by molar-refractivity contribution is 7.12. The van der Waals surface area contributed by atoms with Crippen molar-refractivity contribution >= 4 is 17.2 Å². The maximum atomic E-state index is 12.0. The number of aryl methyl sites for hydroxylation is 2. The SMILES string of the molecule is Cc1ccsc1C(=O)NCC(C)(O)c1cnn(C)c1. The summed E-state index contributed by atoms with van der Waals surface area (Å²) in [5.74, 6) is -0.156. The van der Waals surface area contributed by atoms with Gasteiger partial charge in [0.1, 0.15) is 5.60 Å². The first-order valence-electron chi connectivity index (χ1n) is 5.94. The molecule has 2 aromatic rings. The van der Waals surface area contributed by atoms with E-state index in [9.17, 15) is 9.90 Å². The maximum absolute atomic E-state index is 12.0. The monoisotopic (exact) mass is 279 g/mol. The lowest BCUT2D eigenvalue weighted by molar-refractivity contribution is 0.0527. The molecule has 0 aliphatic heterocycles. The van der Waals surface area contributed by atoms with E-state index in [4.69, 9.17) is 0 Å². The third kappa shape index (κ3) is 3.02. The van der Waals surface area contributed by atoms with Gasteiger partial charge in [0.2, 0.25) is 0 Å². The summed E-state index contributed by atoms with van der Waals surface area (Å²) < 4.78 is 1.62. The largest absolute Gasteiger partial charge is 0.383 e. The Balaban J connectivity index is 2.02. The number of carbonyl (C=O) groups is 1. The van der Waals surface area contributed by atoms with Gasteiger partial charge in [-0.3, -0.25) is 9.48 Å². The Labute approximate surface area is 115 Å². The molecule has 0 aliphatic rings. The van der Waals surface area contributed by atoms with Gasteiger partial charge in [-0.05, 0) is 30.9 Å². The average molecular weight is 279 g/mol. The molecule has 1 amide bonds. The number of rotatable bonds is 4. The molecule has 1 atom stereocenters. The molecular weight excluding hydrogens is 262 g/mol. The van der Waals surface area contributed by atoms with E-state index >= 15 is 0 Å². The molecule has 0 fully saturated rings. The molecule has 0 radical (unpaired) electrons. The molecule has 0 saturated carbocycles. The van der Waals surface area contributed by atoms with E-state index in [0.717, 1.165) is 5.56 Å². The number of thiophene rings is 1. The predicted octanol–water partition coefficient (Wildman–Crippen LogP) is 1.43. The highest BCUT2D eigenvalue weighted by Crippen LogP contribution is 2.20. The summed E-state index contributed by atoms with van der Waals surface area (Å²) >= 11 is 1.40. The lowest BCUT2D eigenvalue weighted by Gasteiger charge is -2.22. The van der Waals surface area contributed by atoms with Crippen LogP contribution in [0.25, 0.3) is 0 Å². The number of aromatic nitrogens is 2. The fourth-order valence-corrected chi connectivity index (χ4v) is 2.58. The number of amides is 1. The van der Waals surface area contributed by atoms with E-state index in [-0.39, 0.29) is 12.5 Å². The molecule has 0 bridgehead atoms. The van der Waals surface area contributed by atoms with E-state index in [1.807, 2.05) is 18.4 Å². The maximum Gasteiger partial charge on any atom is 0.261 e. The summed E-state index contributed by atoms with van der Waals surface area (Å²) in [6, 6.07) is 1.90. The van der Waals surface area contributed by atoms with Gasteiger partial charge in [0.05, 0.1) is 17.6 Å². The molecule has 6 heteroatoms. The Morgan fingerprint density at radius 2 is 2.37 bits per heavy atom. The van der Waals surface area contributed by atoms with Gasteiger partial charge in [0.15, 0.2) is 0 Å². The number of hydrogen-bond acceptors (Lipinski definition) is 4. The van der Waals surface area contributed by atoms with Gasteiger partial charge in [0, 0.05) is 18.8 Å². The first-order chi connectivity index (χ1) is 8.90. The van der Waals surface area contributed by atoms with Crippen molar-refractivity contribution in [2.45, 2.75) is 19.4 Å². The van der Waals surface area contributed by atoms with Crippen molar-refractivity contribution in [1.82, 2.24) is 15.1 Å². The Morgan fingerprint density at radius 3 is 2.89 bits per heavy atom. The number of aliphatic hydroxyl groups is 1. The van der Waals surface area contributed by atoms with Gasteiger partial charge in [-0.15, -0.1) is 11.3 Å². The summed E-state index contributed by atoms with van der Waals surface area (Å²) in [6.07, 6.45) is 3.34. The molecule has 0 saturated heterocycles. The molecule has 102 valence electrons. The van der Waals surface area contributed by atoms with Crippen LogP contribution >= 0.6 is 11.3 Å². The smallest absolute Gasteiger partial charge is 0.261 e. The Bertz CT molecular complexity index is 586. The quantitative estimate of drug-likeness (QED) is 0.889. The zero-order chi connectivity index (χ0) is 14.0. The second-order valence-electron chi connectivity index (χ2n) is 4.79. The van der Waals surface area contributed by atoms with Gasteiger partial charge in [-0.1, -0.05) is 0 Å². The van der Waals surface area contributed by atoms with Gasteiger partial charge < -0.3 is 10.4 Å². The second kappa shape index (κ2) is 5.14. The summed E-state index contributed by atoms with van der Waals surface area (Å²) in [5.41, 5.74) is 0.497. The topological polar surface area (TPSA) is 67.2 Å². The standard InChI is InChI=1S/C13H17N3O2S/c1-9-4-5-19-11(9)12(17)14-8-13(2,18)10-6-15-16(3)7-10/h4-7,18H,8H2,1-3H3,(H,14,17). The first kappa shape index (κ1) is 13.8. The molecule has 2 N–H and O–H groups in total. The number of nitrogens with zero attached hydrogens (tertiary/aromatic N) is 2.